The topological polar surface area (TPSA) is 67.9 Å². The summed E-state index contributed by atoms with van der Waals surface area (Å²) in [6.45, 7) is 5.82. The quantitative estimate of drug-likeness (QED) is 0.760. The van der Waals surface area contributed by atoms with Crippen LogP contribution >= 0.6 is 0 Å². The summed E-state index contributed by atoms with van der Waals surface area (Å²) in [5.41, 5.74) is 2.99. The minimum atomic E-state index is -0.623. The third kappa shape index (κ3) is 5.25. The molecule has 1 unspecified atom stereocenters. The molecule has 0 spiro atoms. The first-order chi connectivity index (χ1) is 13.4. The van der Waals surface area contributed by atoms with Crippen LogP contribution < -0.4 is 14.8 Å². The van der Waals surface area contributed by atoms with Crippen molar-refractivity contribution in [1.82, 2.24) is 10.2 Å². The molecule has 0 heterocycles. The van der Waals surface area contributed by atoms with Gasteiger partial charge in [-0.15, -0.1) is 0 Å². The van der Waals surface area contributed by atoms with Crippen LogP contribution in [-0.2, 0) is 16.1 Å². The second-order valence-electron chi connectivity index (χ2n) is 6.65. The molecule has 2 rings (SSSR count). The van der Waals surface area contributed by atoms with E-state index >= 15 is 0 Å². The number of hydrogen-bond donors (Lipinski definition) is 1. The third-order valence-electron chi connectivity index (χ3n) is 4.83. The Labute approximate surface area is 166 Å². The van der Waals surface area contributed by atoms with Crippen molar-refractivity contribution in [1.29, 1.82) is 0 Å². The summed E-state index contributed by atoms with van der Waals surface area (Å²) in [5.74, 6) is 0.922. The van der Waals surface area contributed by atoms with Gasteiger partial charge in [-0.2, -0.15) is 0 Å². The zero-order valence-corrected chi connectivity index (χ0v) is 17.1. The predicted octanol–water partition coefficient (Wildman–Crippen LogP) is 2.85. The molecule has 6 nitrogen and oxygen atoms in total. The van der Waals surface area contributed by atoms with Gasteiger partial charge in [0.1, 0.15) is 17.5 Å². The normalized spacial score (nSPS) is 11.5. The Morgan fingerprint density at radius 3 is 2.39 bits per heavy atom. The van der Waals surface area contributed by atoms with Crippen LogP contribution in [0.5, 0.6) is 11.5 Å². The van der Waals surface area contributed by atoms with Gasteiger partial charge in [0.25, 0.3) is 5.91 Å². The van der Waals surface area contributed by atoms with Crippen LogP contribution in [0.25, 0.3) is 0 Å². The fourth-order valence-electron chi connectivity index (χ4n) is 2.82. The van der Waals surface area contributed by atoms with Crippen molar-refractivity contribution < 1.29 is 19.1 Å². The predicted molar refractivity (Wildman–Crippen MR) is 108 cm³/mol. The number of nitrogens with one attached hydrogen (secondary N) is 1. The molecule has 0 radical (unpaired) electrons. The monoisotopic (exact) mass is 384 g/mol. The van der Waals surface area contributed by atoms with Crippen LogP contribution in [0.4, 0.5) is 0 Å². The molecule has 2 amide bonds. The van der Waals surface area contributed by atoms with Gasteiger partial charge in [0.15, 0.2) is 6.61 Å². The van der Waals surface area contributed by atoms with Crippen LogP contribution in [0.3, 0.4) is 0 Å². The number of rotatable bonds is 8. The number of carbonyl (C=O) groups is 2. The van der Waals surface area contributed by atoms with Crippen LogP contribution in [-0.4, -0.2) is 43.5 Å². The van der Waals surface area contributed by atoms with E-state index in [0.29, 0.717) is 12.3 Å². The van der Waals surface area contributed by atoms with Crippen LogP contribution in [0.2, 0.25) is 0 Å². The Morgan fingerprint density at radius 1 is 1.11 bits per heavy atom. The molecule has 0 bridgehead atoms. The van der Waals surface area contributed by atoms with E-state index in [1.54, 1.807) is 21.1 Å². The van der Waals surface area contributed by atoms with Gasteiger partial charge in [0.05, 0.1) is 7.11 Å². The average Bonchev–Trinajstić information content (AvgIpc) is 2.72. The molecule has 0 saturated carbocycles. The highest BCUT2D eigenvalue weighted by atomic mass is 16.5. The Kier molecular flexibility index (Phi) is 7.44. The molecule has 0 aliphatic rings. The van der Waals surface area contributed by atoms with E-state index in [0.717, 1.165) is 22.4 Å². The maximum Gasteiger partial charge on any atom is 0.261 e. The number of methoxy groups -OCH3 is 1. The van der Waals surface area contributed by atoms with E-state index in [-0.39, 0.29) is 18.4 Å². The number of nitrogens with zero attached hydrogens (tertiary/aromatic N) is 1. The standard InChI is InChI=1S/C22H28N2O4/c1-15-7-6-8-20(16(15)2)28-14-21(25)24(17(3)22(26)23-4)13-18-9-11-19(27-5)12-10-18/h6-12,17H,13-14H2,1-5H3,(H,23,26). The van der Waals surface area contributed by atoms with E-state index in [9.17, 15) is 9.59 Å². The number of ether oxygens (including phenoxy) is 2. The largest absolute Gasteiger partial charge is 0.497 e. The molecule has 0 aliphatic heterocycles. The zero-order chi connectivity index (χ0) is 20.7. The van der Waals surface area contributed by atoms with E-state index < -0.39 is 6.04 Å². The van der Waals surface area contributed by atoms with Gasteiger partial charge in [-0.25, -0.2) is 0 Å². The third-order valence-corrected chi connectivity index (χ3v) is 4.83. The highest BCUT2D eigenvalue weighted by molar-refractivity contribution is 5.87. The first kappa shape index (κ1) is 21.3. The lowest BCUT2D eigenvalue weighted by atomic mass is 10.1. The highest BCUT2D eigenvalue weighted by Crippen LogP contribution is 2.21. The molecule has 6 heteroatoms. The van der Waals surface area contributed by atoms with Gasteiger partial charge in [-0.3, -0.25) is 9.59 Å². The van der Waals surface area contributed by atoms with Crippen LogP contribution in [0.15, 0.2) is 42.5 Å². The summed E-state index contributed by atoms with van der Waals surface area (Å²) in [5, 5.41) is 2.60. The molecule has 1 atom stereocenters. The molecule has 0 aliphatic carbocycles. The van der Waals surface area contributed by atoms with Gasteiger partial charge in [0, 0.05) is 13.6 Å². The molecule has 1 N–H and O–H groups in total. The van der Waals surface area contributed by atoms with Crippen LogP contribution in [0, 0.1) is 13.8 Å². The lowest BCUT2D eigenvalue weighted by Crippen LogP contribution is -2.48. The molecule has 0 aromatic heterocycles. The van der Waals surface area contributed by atoms with E-state index in [1.807, 2.05) is 56.3 Å². The molecule has 0 fully saturated rings. The molecule has 0 saturated heterocycles. The summed E-state index contributed by atoms with van der Waals surface area (Å²) >= 11 is 0. The Morgan fingerprint density at radius 2 is 1.79 bits per heavy atom. The molecule has 28 heavy (non-hydrogen) atoms. The maximum atomic E-state index is 12.9. The number of likely N-dealkylation sites (N-methyl/N-ethyl adjacent to an activating group) is 1. The number of hydrogen-bond acceptors (Lipinski definition) is 4. The number of benzene rings is 2. The fraction of sp³-hybridized carbons (Fsp3) is 0.364. The summed E-state index contributed by atoms with van der Waals surface area (Å²) in [6.07, 6.45) is 0. The van der Waals surface area contributed by atoms with Crippen LogP contribution in [0.1, 0.15) is 23.6 Å². The summed E-state index contributed by atoms with van der Waals surface area (Å²) in [6, 6.07) is 12.5. The van der Waals surface area contributed by atoms with Crippen molar-refractivity contribution in [3.8, 4) is 11.5 Å². The minimum Gasteiger partial charge on any atom is -0.497 e. The van der Waals surface area contributed by atoms with Crippen molar-refractivity contribution in [2.75, 3.05) is 20.8 Å². The first-order valence-electron chi connectivity index (χ1n) is 9.20. The lowest BCUT2D eigenvalue weighted by molar-refractivity contribution is -0.142. The highest BCUT2D eigenvalue weighted by Gasteiger charge is 2.26. The van der Waals surface area contributed by atoms with Crippen molar-refractivity contribution in [3.63, 3.8) is 0 Å². The number of aryl methyl sites for hydroxylation is 1. The second kappa shape index (κ2) is 9.78. The molecule has 150 valence electrons. The van der Waals surface area contributed by atoms with Crippen molar-refractivity contribution >= 4 is 11.8 Å². The number of carbonyl (C=O) groups excluding carboxylic acids is 2. The minimum absolute atomic E-state index is 0.137. The van der Waals surface area contributed by atoms with E-state index in [4.69, 9.17) is 9.47 Å². The lowest BCUT2D eigenvalue weighted by Gasteiger charge is -2.28. The van der Waals surface area contributed by atoms with E-state index in [1.165, 1.54) is 4.90 Å². The van der Waals surface area contributed by atoms with Gasteiger partial charge in [-0.1, -0.05) is 24.3 Å². The summed E-state index contributed by atoms with van der Waals surface area (Å²) in [4.78, 5) is 26.6. The maximum absolute atomic E-state index is 12.9. The second-order valence-corrected chi connectivity index (χ2v) is 6.65. The van der Waals surface area contributed by atoms with Crippen molar-refractivity contribution in [3.05, 3.63) is 59.2 Å². The Hall–Kier alpha value is -3.02. The Bertz CT molecular complexity index is 818. The number of amides is 2. The summed E-state index contributed by atoms with van der Waals surface area (Å²) in [7, 11) is 3.16. The van der Waals surface area contributed by atoms with E-state index in [2.05, 4.69) is 5.32 Å². The fourth-order valence-corrected chi connectivity index (χ4v) is 2.82. The zero-order valence-electron chi connectivity index (χ0n) is 17.1. The van der Waals surface area contributed by atoms with Gasteiger partial charge >= 0.3 is 0 Å². The smallest absolute Gasteiger partial charge is 0.261 e. The average molecular weight is 384 g/mol. The molecular formula is C22H28N2O4. The van der Waals surface area contributed by atoms with Gasteiger partial charge < -0.3 is 19.7 Å². The molecular weight excluding hydrogens is 356 g/mol. The molecule has 2 aromatic rings. The summed E-state index contributed by atoms with van der Waals surface area (Å²) < 4.78 is 10.9. The Balaban J connectivity index is 2.15. The van der Waals surface area contributed by atoms with Gasteiger partial charge in [0.2, 0.25) is 5.91 Å². The van der Waals surface area contributed by atoms with Gasteiger partial charge in [-0.05, 0) is 55.7 Å². The van der Waals surface area contributed by atoms with Crippen molar-refractivity contribution in [2.45, 2.75) is 33.4 Å². The first-order valence-corrected chi connectivity index (χ1v) is 9.20. The molecule has 2 aromatic carbocycles. The SMILES string of the molecule is CNC(=O)C(C)N(Cc1ccc(OC)cc1)C(=O)COc1cccc(C)c1C. The van der Waals surface area contributed by atoms with Crippen molar-refractivity contribution in [2.24, 2.45) is 0 Å².